The molecule has 15 heavy (non-hydrogen) atoms. The van der Waals surface area contributed by atoms with Gasteiger partial charge in [-0.05, 0) is 12.3 Å². The predicted octanol–water partition coefficient (Wildman–Crippen LogP) is 0.373. The van der Waals surface area contributed by atoms with Crippen LogP contribution in [0.5, 0.6) is 0 Å². The van der Waals surface area contributed by atoms with E-state index in [9.17, 15) is 14.7 Å². The molecule has 2 atom stereocenters. The molecular formula is C10H19NO4. The number of hydrogen-bond donors (Lipinski definition) is 3. The number of aliphatic carboxylic acids is 1. The van der Waals surface area contributed by atoms with E-state index in [1.165, 1.54) is 0 Å². The molecule has 0 radical (unpaired) electrons. The number of carboxylic acids is 1. The Morgan fingerprint density at radius 1 is 1.33 bits per heavy atom. The fraction of sp³-hybridized carbons (Fsp3) is 0.800. The van der Waals surface area contributed by atoms with Crippen LogP contribution in [0.1, 0.15) is 33.6 Å². The molecule has 1 amide bonds. The summed E-state index contributed by atoms with van der Waals surface area (Å²) >= 11 is 0. The highest BCUT2D eigenvalue weighted by Gasteiger charge is 2.29. The van der Waals surface area contributed by atoms with E-state index in [1.54, 1.807) is 13.8 Å². The lowest BCUT2D eigenvalue weighted by molar-refractivity contribution is -0.146. The number of amides is 1. The Labute approximate surface area is 89.5 Å². The molecule has 0 aromatic rings. The summed E-state index contributed by atoms with van der Waals surface area (Å²) in [5.74, 6) is -1.77. The fourth-order valence-corrected chi connectivity index (χ4v) is 1.15. The third-order valence-corrected chi connectivity index (χ3v) is 2.08. The van der Waals surface area contributed by atoms with Gasteiger partial charge in [0.05, 0.1) is 6.10 Å². The molecule has 0 fully saturated rings. The summed E-state index contributed by atoms with van der Waals surface area (Å²) in [6.07, 6.45) is -0.145. The minimum atomic E-state index is -1.22. The highest BCUT2D eigenvalue weighted by molar-refractivity contribution is 5.83. The monoisotopic (exact) mass is 217 g/mol. The van der Waals surface area contributed by atoms with Gasteiger partial charge in [-0.25, -0.2) is 4.79 Å². The van der Waals surface area contributed by atoms with E-state index < -0.39 is 18.1 Å². The van der Waals surface area contributed by atoms with Gasteiger partial charge in [0.25, 0.3) is 0 Å². The van der Waals surface area contributed by atoms with Crippen LogP contribution in [0.4, 0.5) is 0 Å². The molecular weight excluding hydrogens is 198 g/mol. The van der Waals surface area contributed by atoms with Gasteiger partial charge < -0.3 is 15.5 Å². The van der Waals surface area contributed by atoms with E-state index in [4.69, 9.17) is 5.11 Å². The Hall–Kier alpha value is -1.10. The maximum Gasteiger partial charge on any atom is 0.328 e. The van der Waals surface area contributed by atoms with Crippen LogP contribution in [0.25, 0.3) is 0 Å². The van der Waals surface area contributed by atoms with Crippen LogP contribution in [0.15, 0.2) is 0 Å². The molecule has 0 aromatic heterocycles. The zero-order chi connectivity index (χ0) is 12.0. The largest absolute Gasteiger partial charge is 0.480 e. The zero-order valence-electron chi connectivity index (χ0n) is 9.36. The number of carboxylic acid groups (broad SMARTS) is 1. The standard InChI is InChI=1S/C10H19NO4/c1-4-5-7(12)11-8(10(14)15)9(13)6(2)3/h6,8-9,13H,4-5H2,1-3H3,(H,11,12)(H,14,15)/t8-,9?/m0/s1. The summed E-state index contributed by atoms with van der Waals surface area (Å²) in [5.41, 5.74) is 0. The molecule has 3 N–H and O–H groups in total. The number of nitrogens with one attached hydrogen (secondary N) is 1. The average Bonchev–Trinajstić information content (AvgIpc) is 2.13. The highest BCUT2D eigenvalue weighted by atomic mass is 16.4. The Morgan fingerprint density at radius 3 is 2.20 bits per heavy atom. The van der Waals surface area contributed by atoms with Crippen molar-refractivity contribution >= 4 is 11.9 Å². The van der Waals surface area contributed by atoms with Crippen molar-refractivity contribution in [3.8, 4) is 0 Å². The topological polar surface area (TPSA) is 86.6 Å². The van der Waals surface area contributed by atoms with Crippen molar-refractivity contribution in [3.63, 3.8) is 0 Å². The van der Waals surface area contributed by atoms with E-state index in [1.807, 2.05) is 6.92 Å². The fourth-order valence-electron chi connectivity index (χ4n) is 1.15. The number of aliphatic hydroxyl groups is 1. The molecule has 0 heterocycles. The van der Waals surface area contributed by atoms with Gasteiger partial charge in [0.1, 0.15) is 0 Å². The van der Waals surface area contributed by atoms with E-state index in [2.05, 4.69) is 5.32 Å². The summed E-state index contributed by atoms with van der Waals surface area (Å²) in [5, 5.41) is 20.7. The second-order valence-electron chi connectivity index (χ2n) is 3.87. The smallest absolute Gasteiger partial charge is 0.328 e. The molecule has 0 saturated carbocycles. The molecule has 5 nitrogen and oxygen atoms in total. The first kappa shape index (κ1) is 13.9. The van der Waals surface area contributed by atoms with Gasteiger partial charge in [-0.1, -0.05) is 20.8 Å². The van der Waals surface area contributed by atoms with Crippen LogP contribution in [0.2, 0.25) is 0 Å². The van der Waals surface area contributed by atoms with Crippen LogP contribution in [-0.2, 0) is 9.59 Å². The predicted molar refractivity (Wildman–Crippen MR) is 55.3 cm³/mol. The third kappa shape index (κ3) is 4.78. The molecule has 0 spiro atoms. The van der Waals surface area contributed by atoms with Crippen molar-refractivity contribution in [2.45, 2.75) is 45.8 Å². The van der Waals surface area contributed by atoms with Crippen molar-refractivity contribution in [1.29, 1.82) is 0 Å². The second kappa shape index (κ2) is 6.40. The summed E-state index contributed by atoms with van der Waals surface area (Å²) < 4.78 is 0. The summed E-state index contributed by atoms with van der Waals surface area (Å²) in [6, 6.07) is -1.22. The highest BCUT2D eigenvalue weighted by Crippen LogP contribution is 2.07. The lowest BCUT2D eigenvalue weighted by Crippen LogP contribution is -2.50. The van der Waals surface area contributed by atoms with Crippen molar-refractivity contribution in [1.82, 2.24) is 5.32 Å². The lowest BCUT2D eigenvalue weighted by atomic mass is 9.99. The van der Waals surface area contributed by atoms with Gasteiger partial charge in [0.15, 0.2) is 6.04 Å². The zero-order valence-corrected chi connectivity index (χ0v) is 9.36. The van der Waals surface area contributed by atoms with Crippen molar-refractivity contribution in [2.75, 3.05) is 0 Å². The maximum atomic E-state index is 11.2. The molecule has 0 bridgehead atoms. The first-order chi connectivity index (χ1) is 6.90. The molecule has 0 rings (SSSR count). The number of aliphatic hydroxyl groups excluding tert-OH is 1. The first-order valence-electron chi connectivity index (χ1n) is 5.10. The van der Waals surface area contributed by atoms with E-state index >= 15 is 0 Å². The molecule has 0 saturated heterocycles. The van der Waals surface area contributed by atoms with Gasteiger partial charge >= 0.3 is 5.97 Å². The van der Waals surface area contributed by atoms with E-state index in [0.29, 0.717) is 6.42 Å². The van der Waals surface area contributed by atoms with Crippen LogP contribution in [0, 0.1) is 5.92 Å². The van der Waals surface area contributed by atoms with Gasteiger partial charge in [0.2, 0.25) is 5.91 Å². The Balaban J connectivity index is 4.41. The summed E-state index contributed by atoms with van der Waals surface area (Å²) in [6.45, 7) is 5.23. The Morgan fingerprint density at radius 2 is 1.87 bits per heavy atom. The molecule has 88 valence electrons. The molecule has 5 heteroatoms. The van der Waals surface area contributed by atoms with Gasteiger partial charge in [-0.3, -0.25) is 4.79 Å². The molecule has 0 aromatic carbocycles. The maximum absolute atomic E-state index is 11.2. The SMILES string of the molecule is CCCC(=O)N[C@H](C(=O)O)C(O)C(C)C. The minimum absolute atomic E-state index is 0.215. The van der Waals surface area contributed by atoms with Gasteiger partial charge in [-0.15, -0.1) is 0 Å². The van der Waals surface area contributed by atoms with Crippen LogP contribution < -0.4 is 5.32 Å². The normalized spacial score (nSPS) is 14.7. The van der Waals surface area contributed by atoms with E-state index in [-0.39, 0.29) is 18.2 Å². The summed E-state index contributed by atoms with van der Waals surface area (Å²) in [4.78, 5) is 22.0. The molecule has 1 unspecified atom stereocenters. The number of rotatable bonds is 6. The van der Waals surface area contributed by atoms with Gasteiger partial charge in [0, 0.05) is 6.42 Å². The summed E-state index contributed by atoms with van der Waals surface area (Å²) in [7, 11) is 0. The van der Waals surface area contributed by atoms with Gasteiger partial charge in [-0.2, -0.15) is 0 Å². The number of carbonyl (C=O) groups excluding carboxylic acids is 1. The molecule has 0 aliphatic heterocycles. The quantitative estimate of drug-likeness (QED) is 0.600. The molecule has 0 aliphatic carbocycles. The lowest BCUT2D eigenvalue weighted by Gasteiger charge is -2.23. The van der Waals surface area contributed by atoms with Crippen molar-refractivity contribution in [3.05, 3.63) is 0 Å². The van der Waals surface area contributed by atoms with E-state index in [0.717, 1.165) is 0 Å². The molecule has 0 aliphatic rings. The number of hydrogen-bond acceptors (Lipinski definition) is 3. The third-order valence-electron chi connectivity index (χ3n) is 2.08. The second-order valence-corrected chi connectivity index (χ2v) is 3.87. The van der Waals surface area contributed by atoms with Crippen molar-refractivity contribution in [2.24, 2.45) is 5.92 Å². The first-order valence-corrected chi connectivity index (χ1v) is 5.10. The Bertz CT molecular complexity index is 227. The van der Waals surface area contributed by atoms with Crippen LogP contribution in [-0.4, -0.2) is 34.2 Å². The Kier molecular flexibility index (Phi) is 5.93. The average molecular weight is 217 g/mol. The number of carbonyl (C=O) groups is 2. The van der Waals surface area contributed by atoms with Crippen LogP contribution >= 0.6 is 0 Å². The van der Waals surface area contributed by atoms with Crippen LogP contribution in [0.3, 0.4) is 0 Å². The van der Waals surface area contributed by atoms with Crippen molar-refractivity contribution < 1.29 is 19.8 Å². The minimum Gasteiger partial charge on any atom is -0.480 e.